The molecule has 0 aromatic heterocycles. The number of anilines is 1. The molecule has 3 N–H and O–H groups in total. The van der Waals surface area contributed by atoms with E-state index in [9.17, 15) is 9.59 Å². The molecular weight excluding hydrogens is 416 g/mol. The Balaban J connectivity index is 1.53. The number of benzene rings is 1. The predicted octanol–water partition coefficient (Wildman–Crippen LogP) is 2.40. The lowest BCUT2D eigenvalue weighted by Gasteiger charge is -2.32. The van der Waals surface area contributed by atoms with E-state index >= 15 is 0 Å². The van der Waals surface area contributed by atoms with Gasteiger partial charge in [-0.05, 0) is 74.8 Å². The molecule has 0 saturated carbocycles. The molecule has 3 aliphatic rings. The topological polar surface area (TPSA) is 110 Å². The molecule has 8 nitrogen and oxygen atoms in total. The Morgan fingerprint density at radius 2 is 2.09 bits per heavy atom. The summed E-state index contributed by atoms with van der Waals surface area (Å²) in [4.78, 5) is 31.0. The Hall–Kier alpha value is -3.18. The van der Waals surface area contributed by atoms with Crippen LogP contribution in [0.5, 0.6) is 0 Å². The number of likely N-dealkylation sites (N-methyl/N-ethyl adjacent to an activating group) is 1. The maximum absolute atomic E-state index is 12.8. The number of nitrogens with one attached hydrogen (secondary N) is 3. The van der Waals surface area contributed by atoms with Crippen LogP contribution in [0.15, 0.2) is 29.3 Å². The first-order chi connectivity index (χ1) is 16.1. The summed E-state index contributed by atoms with van der Waals surface area (Å²) in [6, 6.07) is 7.87. The molecule has 4 rings (SSSR count). The number of rotatable bonds is 6. The minimum atomic E-state index is -0.514. The summed E-state index contributed by atoms with van der Waals surface area (Å²) < 4.78 is 0. The number of likely N-dealkylation sites (tertiary alicyclic amines) is 1. The summed E-state index contributed by atoms with van der Waals surface area (Å²) in [5.41, 5.74) is 4.39. The van der Waals surface area contributed by atoms with Crippen molar-refractivity contribution in [1.82, 2.24) is 15.5 Å². The van der Waals surface area contributed by atoms with Crippen LogP contribution in [0, 0.1) is 11.3 Å². The van der Waals surface area contributed by atoms with Gasteiger partial charge in [-0.3, -0.25) is 9.59 Å². The second kappa shape index (κ2) is 10.6. The lowest BCUT2D eigenvalue weighted by atomic mass is 9.85. The average Bonchev–Trinajstić information content (AvgIpc) is 3.35. The highest BCUT2D eigenvalue weighted by Gasteiger charge is 2.26. The van der Waals surface area contributed by atoms with Crippen LogP contribution in [0.25, 0.3) is 5.57 Å². The Morgan fingerprint density at radius 1 is 1.27 bits per heavy atom. The molecule has 1 saturated heterocycles. The van der Waals surface area contributed by atoms with Crippen LogP contribution >= 0.6 is 0 Å². The van der Waals surface area contributed by atoms with E-state index in [2.05, 4.69) is 45.2 Å². The minimum absolute atomic E-state index is 0.157. The fourth-order valence-corrected chi connectivity index (χ4v) is 4.83. The van der Waals surface area contributed by atoms with Crippen molar-refractivity contribution in [2.75, 3.05) is 38.5 Å². The summed E-state index contributed by atoms with van der Waals surface area (Å²) in [6.45, 7) is 2.29. The van der Waals surface area contributed by atoms with Crippen molar-refractivity contribution < 1.29 is 9.59 Å². The minimum Gasteiger partial charge on any atom is -0.362 e. The largest absolute Gasteiger partial charge is 0.362 e. The number of amides is 2. The van der Waals surface area contributed by atoms with E-state index in [0.717, 1.165) is 56.4 Å². The third-order valence-electron chi connectivity index (χ3n) is 6.69. The summed E-state index contributed by atoms with van der Waals surface area (Å²) >= 11 is 0. The van der Waals surface area contributed by atoms with Gasteiger partial charge in [0, 0.05) is 24.3 Å². The number of carbonyl (C=O) groups excluding carboxylic acids is 2. The Bertz CT molecular complexity index is 1000. The quantitative estimate of drug-likeness (QED) is 0.619. The molecule has 33 heavy (non-hydrogen) atoms. The van der Waals surface area contributed by atoms with E-state index in [1.54, 1.807) is 7.05 Å². The molecule has 1 aliphatic carbocycles. The standard InChI is InChI=1S/C25H32N6O2/c1-27-16-23(32)31-11-9-17(10-12-31)19-7-8-22(21(13-19)18-5-3-2-4-6-18)30-25(33)24-28-15-20(14-26)29-24/h5,7-8,13,17,20,27H,2-4,6,9-12,15-16H2,1H3,(H,28,29)(H,30,33). The number of amidine groups is 1. The molecule has 1 unspecified atom stereocenters. The van der Waals surface area contributed by atoms with E-state index in [4.69, 9.17) is 5.26 Å². The van der Waals surface area contributed by atoms with Crippen LogP contribution in [0.4, 0.5) is 5.69 Å². The maximum atomic E-state index is 12.8. The van der Waals surface area contributed by atoms with Crippen LogP contribution in [0.3, 0.4) is 0 Å². The summed E-state index contributed by atoms with van der Waals surface area (Å²) in [5.74, 6) is 0.458. The van der Waals surface area contributed by atoms with Crippen molar-refractivity contribution in [3.63, 3.8) is 0 Å². The van der Waals surface area contributed by atoms with Crippen LogP contribution in [0.2, 0.25) is 0 Å². The average molecular weight is 449 g/mol. The second-order valence-corrected chi connectivity index (χ2v) is 8.92. The van der Waals surface area contributed by atoms with Crippen molar-refractivity contribution >= 4 is 28.9 Å². The Labute approximate surface area is 195 Å². The SMILES string of the molecule is CNCC(=O)N1CCC(c2ccc(NC(=O)C3=NC(C#N)CN3)c(C3=CCCCC3)c2)CC1. The molecule has 2 aliphatic heterocycles. The first-order valence-corrected chi connectivity index (χ1v) is 11.9. The first kappa shape index (κ1) is 23.0. The van der Waals surface area contributed by atoms with Crippen molar-refractivity contribution in [2.24, 2.45) is 4.99 Å². The molecule has 0 spiro atoms. The van der Waals surface area contributed by atoms with Gasteiger partial charge < -0.3 is 20.9 Å². The van der Waals surface area contributed by atoms with E-state index < -0.39 is 6.04 Å². The van der Waals surface area contributed by atoms with Crippen molar-refractivity contribution in [1.29, 1.82) is 5.26 Å². The highest BCUT2D eigenvalue weighted by molar-refractivity contribution is 6.42. The smallest absolute Gasteiger partial charge is 0.290 e. The fraction of sp³-hybridized carbons (Fsp3) is 0.520. The lowest BCUT2D eigenvalue weighted by molar-refractivity contribution is -0.131. The van der Waals surface area contributed by atoms with Gasteiger partial charge in [-0.2, -0.15) is 5.26 Å². The zero-order chi connectivity index (χ0) is 23.2. The number of piperidine rings is 1. The second-order valence-electron chi connectivity index (χ2n) is 8.92. The number of hydrogen-bond donors (Lipinski definition) is 3. The summed E-state index contributed by atoms with van der Waals surface area (Å²) in [7, 11) is 1.80. The van der Waals surface area contributed by atoms with E-state index in [-0.39, 0.29) is 17.6 Å². The van der Waals surface area contributed by atoms with Crippen LogP contribution < -0.4 is 16.0 Å². The van der Waals surface area contributed by atoms with Crippen LogP contribution in [-0.2, 0) is 9.59 Å². The van der Waals surface area contributed by atoms with E-state index in [0.29, 0.717) is 19.0 Å². The van der Waals surface area contributed by atoms with Gasteiger partial charge in [-0.1, -0.05) is 12.1 Å². The van der Waals surface area contributed by atoms with Crippen molar-refractivity contribution in [3.05, 3.63) is 35.4 Å². The van der Waals surface area contributed by atoms with E-state index in [1.807, 2.05) is 11.0 Å². The van der Waals surface area contributed by atoms with Gasteiger partial charge in [0.25, 0.3) is 5.91 Å². The summed E-state index contributed by atoms with van der Waals surface area (Å²) in [6.07, 6.45) is 8.56. The number of nitriles is 1. The molecule has 2 heterocycles. The highest BCUT2D eigenvalue weighted by atomic mass is 16.2. The van der Waals surface area contributed by atoms with Crippen molar-refractivity contribution in [2.45, 2.75) is 50.5 Å². The number of allylic oxidation sites excluding steroid dienone is 2. The molecule has 1 aromatic carbocycles. The maximum Gasteiger partial charge on any atom is 0.290 e. The molecular formula is C25H32N6O2. The van der Waals surface area contributed by atoms with Crippen LogP contribution in [0.1, 0.15) is 55.6 Å². The molecule has 0 bridgehead atoms. The van der Waals surface area contributed by atoms with Gasteiger partial charge in [0.2, 0.25) is 5.91 Å². The van der Waals surface area contributed by atoms with Gasteiger partial charge in [0.15, 0.2) is 11.9 Å². The Kier molecular flexibility index (Phi) is 7.40. The third-order valence-corrected chi connectivity index (χ3v) is 6.69. The van der Waals surface area contributed by atoms with Gasteiger partial charge in [0.1, 0.15) is 0 Å². The Morgan fingerprint density at radius 3 is 2.76 bits per heavy atom. The van der Waals surface area contributed by atoms with Gasteiger partial charge >= 0.3 is 0 Å². The van der Waals surface area contributed by atoms with Gasteiger partial charge in [0.05, 0.1) is 19.2 Å². The fourth-order valence-electron chi connectivity index (χ4n) is 4.83. The molecule has 8 heteroatoms. The molecule has 1 fully saturated rings. The lowest BCUT2D eigenvalue weighted by Crippen LogP contribution is -2.41. The number of hydrogen-bond acceptors (Lipinski definition) is 6. The zero-order valence-electron chi connectivity index (χ0n) is 19.2. The normalized spacial score (nSPS) is 21.0. The molecule has 0 radical (unpaired) electrons. The van der Waals surface area contributed by atoms with Crippen molar-refractivity contribution in [3.8, 4) is 6.07 Å². The highest BCUT2D eigenvalue weighted by Crippen LogP contribution is 2.36. The van der Waals surface area contributed by atoms with Crippen LogP contribution in [-0.4, -0.2) is 61.8 Å². The number of carbonyl (C=O) groups is 2. The molecule has 1 atom stereocenters. The molecule has 2 amide bonds. The number of nitrogens with zero attached hydrogens (tertiary/aromatic N) is 3. The first-order valence-electron chi connectivity index (χ1n) is 11.9. The van der Waals surface area contributed by atoms with Gasteiger partial charge in [-0.25, -0.2) is 4.99 Å². The molecule has 174 valence electrons. The molecule has 1 aromatic rings. The monoisotopic (exact) mass is 448 g/mol. The van der Waals surface area contributed by atoms with Gasteiger partial charge in [-0.15, -0.1) is 0 Å². The summed E-state index contributed by atoms with van der Waals surface area (Å²) in [5, 5.41) is 17.9. The zero-order valence-corrected chi connectivity index (χ0v) is 19.2. The third kappa shape index (κ3) is 5.42. The predicted molar refractivity (Wildman–Crippen MR) is 129 cm³/mol. The van der Waals surface area contributed by atoms with E-state index in [1.165, 1.54) is 17.6 Å². The number of aliphatic imine (C=N–C) groups is 1.